The SMILES string of the molecule is Clc1ccc2c(N3CCN(Cc4cccnc4)CC3)ncnc2c1. The number of hydrogen-bond acceptors (Lipinski definition) is 5. The highest BCUT2D eigenvalue weighted by Gasteiger charge is 2.20. The summed E-state index contributed by atoms with van der Waals surface area (Å²) in [4.78, 5) is 17.8. The van der Waals surface area contributed by atoms with Crippen LogP contribution in [0.4, 0.5) is 5.82 Å². The zero-order valence-electron chi connectivity index (χ0n) is 13.3. The second-order valence-corrected chi connectivity index (χ2v) is 6.42. The van der Waals surface area contributed by atoms with E-state index < -0.39 is 0 Å². The molecule has 0 amide bonds. The molecule has 1 fully saturated rings. The lowest BCUT2D eigenvalue weighted by atomic mass is 10.2. The monoisotopic (exact) mass is 339 g/mol. The van der Waals surface area contributed by atoms with E-state index in [-0.39, 0.29) is 0 Å². The maximum absolute atomic E-state index is 6.07. The van der Waals surface area contributed by atoms with Crippen LogP contribution in [-0.4, -0.2) is 46.0 Å². The number of aromatic nitrogens is 3. The van der Waals surface area contributed by atoms with E-state index in [0.29, 0.717) is 5.02 Å². The van der Waals surface area contributed by atoms with Crippen molar-refractivity contribution in [1.82, 2.24) is 19.9 Å². The van der Waals surface area contributed by atoms with Gasteiger partial charge in [-0.2, -0.15) is 0 Å². The second kappa shape index (κ2) is 6.71. The molecule has 4 rings (SSSR count). The Morgan fingerprint density at radius 3 is 2.71 bits per heavy atom. The fourth-order valence-electron chi connectivity index (χ4n) is 3.14. The highest BCUT2D eigenvalue weighted by Crippen LogP contribution is 2.26. The van der Waals surface area contributed by atoms with Crippen molar-refractivity contribution in [3.63, 3.8) is 0 Å². The van der Waals surface area contributed by atoms with Crippen molar-refractivity contribution >= 4 is 28.3 Å². The highest BCUT2D eigenvalue weighted by molar-refractivity contribution is 6.31. The zero-order valence-corrected chi connectivity index (χ0v) is 14.0. The largest absolute Gasteiger partial charge is 0.353 e. The third-order valence-electron chi connectivity index (χ3n) is 4.38. The molecule has 24 heavy (non-hydrogen) atoms. The van der Waals surface area contributed by atoms with Crippen LogP contribution in [0.5, 0.6) is 0 Å². The number of pyridine rings is 1. The van der Waals surface area contributed by atoms with Crippen LogP contribution >= 0.6 is 11.6 Å². The third-order valence-corrected chi connectivity index (χ3v) is 4.61. The number of nitrogens with zero attached hydrogens (tertiary/aromatic N) is 5. The highest BCUT2D eigenvalue weighted by atomic mass is 35.5. The molecule has 0 bridgehead atoms. The van der Waals surface area contributed by atoms with Crippen molar-refractivity contribution in [3.8, 4) is 0 Å². The van der Waals surface area contributed by atoms with Crippen LogP contribution in [-0.2, 0) is 6.54 Å². The molecule has 0 atom stereocenters. The van der Waals surface area contributed by atoms with Gasteiger partial charge in [0.25, 0.3) is 0 Å². The van der Waals surface area contributed by atoms with E-state index >= 15 is 0 Å². The summed E-state index contributed by atoms with van der Waals surface area (Å²) in [5, 5.41) is 1.76. The normalized spacial score (nSPS) is 15.8. The topological polar surface area (TPSA) is 45.2 Å². The molecule has 3 aromatic rings. The lowest BCUT2D eigenvalue weighted by Crippen LogP contribution is -2.46. The minimum absolute atomic E-state index is 0.702. The van der Waals surface area contributed by atoms with Gasteiger partial charge < -0.3 is 4.90 Å². The van der Waals surface area contributed by atoms with Gasteiger partial charge >= 0.3 is 0 Å². The van der Waals surface area contributed by atoms with E-state index in [9.17, 15) is 0 Å². The molecule has 1 aliphatic rings. The number of rotatable bonds is 3. The van der Waals surface area contributed by atoms with E-state index in [1.165, 1.54) is 5.56 Å². The van der Waals surface area contributed by atoms with Crippen LogP contribution in [0.3, 0.4) is 0 Å². The summed E-state index contributed by atoms with van der Waals surface area (Å²) in [5.74, 6) is 0.998. The molecule has 0 aliphatic carbocycles. The van der Waals surface area contributed by atoms with Gasteiger partial charge in [0.05, 0.1) is 5.52 Å². The molecule has 1 aromatic carbocycles. The Balaban J connectivity index is 1.48. The average Bonchev–Trinajstić information content (AvgIpc) is 2.62. The molecule has 0 spiro atoms. The molecule has 1 aliphatic heterocycles. The number of hydrogen-bond donors (Lipinski definition) is 0. The quantitative estimate of drug-likeness (QED) is 0.734. The van der Waals surface area contributed by atoms with Crippen molar-refractivity contribution in [2.24, 2.45) is 0 Å². The fraction of sp³-hybridized carbons (Fsp3) is 0.278. The molecule has 0 N–H and O–H groups in total. The summed E-state index contributed by atoms with van der Waals surface area (Å²) < 4.78 is 0. The summed E-state index contributed by atoms with van der Waals surface area (Å²) in [6.45, 7) is 4.87. The fourth-order valence-corrected chi connectivity index (χ4v) is 3.30. The van der Waals surface area contributed by atoms with Crippen molar-refractivity contribution < 1.29 is 0 Å². The Hall–Kier alpha value is -2.24. The Bertz CT molecular complexity index is 831. The van der Waals surface area contributed by atoms with Gasteiger partial charge in [0.2, 0.25) is 0 Å². The first kappa shape index (κ1) is 15.3. The van der Waals surface area contributed by atoms with Gasteiger partial charge in [0, 0.05) is 55.5 Å². The summed E-state index contributed by atoms with van der Waals surface area (Å²) in [7, 11) is 0. The minimum atomic E-state index is 0.702. The van der Waals surface area contributed by atoms with Crippen molar-refractivity contribution in [2.75, 3.05) is 31.1 Å². The lowest BCUT2D eigenvalue weighted by molar-refractivity contribution is 0.249. The molecule has 122 valence electrons. The number of anilines is 1. The van der Waals surface area contributed by atoms with Crippen molar-refractivity contribution in [2.45, 2.75) is 6.54 Å². The number of halogens is 1. The van der Waals surface area contributed by atoms with Crippen LogP contribution in [0.1, 0.15) is 5.56 Å². The van der Waals surface area contributed by atoms with E-state index in [4.69, 9.17) is 11.6 Å². The molecule has 0 saturated carbocycles. The van der Waals surface area contributed by atoms with Gasteiger partial charge in [-0.25, -0.2) is 9.97 Å². The first-order valence-corrected chi connectivity index (χ1v) is 8.44. The third kappa shape index (κ3) is 3.18. The maximum atomic E-state index is 6.07. The van der Waals surface area contributed by atoms with E-state index in [1.807, 2.05) is 36.7 Å². The van der Waals surface area contributed by atoms with Gasteiger partial charge in [-0.1, -0.05) is 17.7 Å². The Kier molecular flexibility index (Phi) is 4.28. The molecule has 5 nitrogen and oxygen atoms in total. The Morgan fingerprint density at radius 1 is 1.04 bits per heavy atom. The predicted octanol–water partition coefficient (Wildman–Crippen LogP) is 3.00. The first-order valence-electron chi connectivity index (χ1n) is 8.06. The molecule has 1 saturated heterocycles. The van der Waals surface area contributed by atoms with Gasteiger partial charge in [0.15, 0.2) is 0 Å². The van der Waals surface area contributed by atoms with Gasteiger partial charge in [0.1, 0.15) is 12.1 Å². The molecule has 0 radical (unpaired) electrons. The van der Waals surface area contributed by atoms with E-state index in [2.05, 4.69) is 30.8 Å². The summed E-state index contributed by atoms with van der Waals surface area (Å²) in [6, 6.07) is 9.91. The summed E-state index contributed by atoms with van der Waals surface area (Å²) >= 11 is 6.07. The maximum Gasteiger partial charge on any atom is 0.139 e. The minimum Gasteiger partial charge on any atom is -0.353 e. The van der Waals surface area contributed by atoms with Crippen LogP contribution in [0.15, 0.2) is 49.1 Å². The number of piperazine rings is 1. The number of fused-ring (bicyclic) bond motifs is 1. The Morgan fingerprint density at radius 2 is 1.92 bits per heavy atom. The average molecular weight is 340 g/mol. The Labute approximate surface area is 145 Å². The zero-order chi connectivity index (χ0) is 16.4. The molecular weight excluding hydrogens is 322 g/mol. The van der Waals surface area contributed by atoms with E-state index in [0.717, 1.165) is 49.4 Å². The van der Waals surface area contributed by atoms with Crippen molar-refractivity contribution in [1.29, 1.82) is 0 Å². The molecule has 3 heterocycles. The molecule has 6 heteroatoms. The van der Waals surface area contributed by atoms with Crippen LogP contribution < -0.4 is 4.90 Å². The van der Waals surface area contributed by atoms with Crippen LogP contribution in [0.25, 0.3) is 10.9 Å². The smallest absolute Gasteiger partial charge is 0.139 e. The summed E-state index contributed by atoms with van der Waals surface area (Å²) in [6.07, 6.45) is 5.37. The molecule has 0 unspecified atom stereocenters. The van der Waals surface area contributed by atoms with Crippen molar-refractivity contribution in [3.05, 3.63) is 59.6 Å². The van der Waals surface area contributed by atoms with Gasteiger partial charge in [-0.05, 0) is 29.8 Å². The second-order valence-electron chi connectivity index (χ2n) is 5.98. The van der Waals surface area contributed by atoms with Gasteiger partial charge in [-0.15, -0.1) is 0 Å². The standard InChI is InChI=1S/C18H18ClN5/c19-15-3-4-16-17(10-15)21-13-22-18(16)24-8-6-23(7-9-24)12-14-2-1-5-20-11-14/h1-5,10-11,13H,6-9,12H2. The predicted molar refractivity (Wildman–Crippen MR) is 96.3 cm³/mol. The number of benzene rings is 1. The summed E-state index contributed by atoms with van der Waals surface area (Å²) in [5.41, 5.74) is 2.15. The first-order chi connectivity index (χ1) is 11.8. The lowest BCUT2D eigenvalue weighted by Gasteiger charge is -2.35. The van der Waals surface area contributed by atoms with Gasteiger partial charge in [-0.3, -0.25) is 9.88 Å². The van der Waals surface area contributed by atoms with E-state index in [1.54, 1.807) is 6.33 Å². The van der Waals surface area contributed by atoms with Crippen LogP contribution in [0, 0.1) is 0 Å². The molecule has 2 aromatic heterocycles. The molecular formula is C18H18ClN5. The van der Waals surface area contributed by atoms with Crippen LogP contribution in [0.2, 0.25) is 5.02 Å².